The molecule has 29 heavy (non-hydrogen) atoms. The largest absolute Gasteiger partial charge is 0.497 e. The van der Waals surface area contributed by atoms with Crippen molar-refractivity contribution in [2.24, 2.45) is 0 Å². The monoisotopic (exact) mass is 396 g/mol. The molecule has 0 bridgehead atoms. The lowest BCUT2D eigenvalue weighted by Gasteiger charge is -2.20. The molecule has 0 fully saturated rings. The van der Waals surface area contributed by atoms with Gasteiger partial charge in [-0.25, -0.2) is 0 Å². The molecule has 3 aromatic rings. The highest BCUT2D eigenvalue weighted by Crippen LogP contribution is 2.32. The van der Waals surface area contributed by atoms with Crippen LogP contribution in [0.1, 0.15) is 41.7 Å². The number of anilines is 1. The van der Waals surface area contributed by atoms with E-state index in [2.05, 4.69) is 10.6 Å². The van der Waals surface area contributed by atoms with Crippen LogP contribution in [-0.2, 0) is 0 Å². The topological polar surface area (TPSA) is 89.8 Å². The summed E-state index contributed by atoms with van der Waals surface area (Å²) in [4.78, 5) is 25.7. The lowest BCUT2D eigenvalue weighted by atomic mass is 10.1. The number of carbonyl (C=O) groups is 2. The van der Waals surface area contributed by atoms with Crippen molar-refractivity contribution in [3.63, 3.8) is 0 Å². The van der Waals surface area contributed by atoms with Gasteiger partial charge in [-0.05, 0) is 45.0 Å². The van der Waals surface area contributed by atoms with Gasteiger partial charge in [0.25, 0.3) is 11.8 Å². The zero-order valence-corrected chi connectivity index (χ0v) is 17.1. The smallest absolute Gasteiger partial charge is 0.289 e. The molecule has 0 saturated carbocycles. The van der Waals surface area contributed by atoms with Gasteiger partial charge in [0.15, 0.2) is 0 Å². The summed E-state index contributed by atoms with van der Waals surface area (Å²) >= 11 is 0. The first-order valence-electron chi connectivity index (χ1n) is 9.10. The Labute approximate surface area is 169 Å². The molecule has 3 rings (SSSR count). The van der Waals surface area contributed by atoms with E-state index in [4.69, 9.17) is 13.9 Å². The second-order valence-electron chi connectivity index (χ2n) is 7.56. The van der Waals surface area contributed by atoms with Gasteiger partial charge in [-0.2, -0.15) is 0 Å². The minimum Gasteiger partial charge on any atom is -0.497 e. The molecule has 0 unspecified atom stereocenters. The van der Waals surface area contributed by atoms with E-state index in [9.17, 15) is 9.59 Å². The summed E-state index contributed by atoms with van der Waals surface area (Å²) in [6, 6.07) is 12.0. The number of fused-ring (bicyclic) bond motifs is 1. The van der Waals surface area contributed by atoms with Gasteiger partial charge in [0.05, 0.1) is 14.2 Å². The van der Waals surface area contributed by atoms with Crippen molar-refractivity contribution < 1.29 is 23.5 Å². The predicted octanol–water partition coefficient (Wildman–Crippen LogP) is 4.23. The molecule has 0 aliphatic heterocycles. The van der Waals surface area contributed by atoms with Gasteiger partial charge in [-0.1, -0.05) is 12.1 Å². The van der Waals surface area contributed by atoms with E-state index in [1.165, 1.54) is 14.2 Å². The average Bonchev–Trinajstić information content (AvgIpc) is 3.05. The van der Waals surface area contributed by atoms with E-state index in [-0.39, 0.29) is 5.76 Å². The quantitative estimate of drug-likeness (QED) is 0.674. The second-order valence-corrected chi connectivity index (χ2v) is 7.56. The Hall–Kier alpha value is -3.48. The summed E-state index contributed by atoms with van der Waals surface area (Å²) < 4.78 is 16.2. The van der Waals surface area contributed by atoms with Crippen molar-refractivity contribution in [3.05, 3.63) is 53.8 Å². The van der Waals surface area contributed by atoms with Crippen LogP contribution in [0, 0.1) is 0 Å². The first-order chi connectivity index (χ1) is 13.7. The average molecular weight is 396 g/mol. The molecule has 1 aromatic heterocycles. The van der Waals surface area contributed by atoms with E-state index in [1.807, 2.05) is 26.8 Å². The van der Waals surface area contributed by atoms with Crippen LogP contribution in [0.5, 0.6) is 11.5 Å². The third kappa shape index (κ3) is 4.51. The molecule has 0 saturated heterocycles. The minimum absolute atomic E-state index is 0.0457. The van der Waals surface area contributed by atoms with Gasteiger partial charge in [0.1, 0.15) is 22.8 Å². The van der Waals surface area contributed by atoms with Crippen molar-refractivity contribution in [3.8, 4) is 11.5 Å². The van der Waals surface area contributed by atoms with Crippen molar-refractivity contribution in [2.75, 3.05) is 19.5 Å². The van der Waals surface area contributed by atoms with Gasteiger partial charge in [-0.3, -0.25) is 9.59 Å². The molecule has 1 heterocycles. The van der Waals surface area contributed by atoms with E-state index >= 15 is 0 Å². The summed E-state index contributed by atoms with van der Waals surface area (Å²) in [7, 11) is 3.02. The van der Waals surface area contributed by atoms with Gasteiger partial charge < -0.3 is 24.5 Å². The van der Waals surface area contributed by atoms with Crippen LogP contribution in [0.4, 0.5) is 5.69 Å². The molecule has 2 aromatic carbocycles. The Morgan fingerprint density at radius 2 is 1.55 bits per heavy atom. The molecule has 2 N–H and O–H groups in total. The fraction of sp³-hybridized carbons (Fsp3) is 0.273. The minimum atomic E-state index is -0.461. The molecule has 7 heteroatoms. The Morgan fingerprint density at radius 1 is 0.931 bits per heavy atom. The highest BCUT2D eigenvalue weighted by atomic mass is 16.5. The first-order valence-corrected chi connectivity index (χ1v) is 9.10. The molecule has 0 aliphatic rings. The van der Waals surface area contributed by atoms with Gasteiger partial charge in [-0.15, -0.1) is 0 Å². The summed E-state index contributed by atoms with van der Waals surface area (Å²) in [6.07, 6.45) is 0. The number of rotatable bonds is 5. The van der Waals surface area contributed by atoms with E-state index in [0.717, 1.165) is 0 Å². The Kier molecular flexibility index (Phi) is 5.50. The highest BCUT2D eigenvalue weighted by Gasteiger charge is 2.25. The number of furan rings is 1. The molecular weight excluding hydrogens is 372 g/mol. The molecule has 0 spiro atoms. The number of para-hydroxylation sites is 1. The van der Waals surface area contributed by atoms with Crippen LogP contribution in [-0.4, -0.2) is 31.6 Å². The van der Waals surface area contributed by atoms with E-state index in [0.29, 0.717) is 33.7 Å². The van der Waals surface area contributed by atoms with Crippen LogP contribution in [0.2, 0.25) is 0 Å². The highest BCUT2D eigenvalue weighted by molar-refractivity contribution is 6.14. The molecular formula is C22H24N2O5. The maximum Gasteiger partial charge on any atom is 0.289 e. The third-order valence-electron chi connectivity index (χ3n) is 4.14. The summed E-state index contributed by atoms with van der Waals surface area (Å²) in [6.45, 7) is 5.61. The summed E-state index contributed by atoms with van der Waals surface area (Å²) in [5.74, 6) is 0.185. The molecule has 2 amide bonds. The zero-order chi connectivity index (χ0) is 21.2. The molecule has 152 valence electrons. The number of ether oxygens (including phenoxy) is 2. The fourth-order valence-corrected chi connectivity index (χ4v) is 2.85. The lowest BCUT2D eigenvalue weighted by molar-refractivity contribution is 0.0894. The number of carbonyl (C=O) groups excluding carboxylic acids is 2. The van der Waals surface area contributed by atoms with E-state index in [1.54, 1.807) is 36.4 Å². The first kappa shape index (κ1) is 20.3. The van der Waals surface area contributed by atoms with Gasteiger partial charge in [0.2, 0.25) is 5.76 Å². The maximum absolute atomic E-state index is 13.0. The Balaban J connectivity index is 2.02. The number of hydrogen-bond donors (Lipinski definition) is 2. The van der Waals surface area contributed by atoms with Crippen molar-refractivity contribution >= 4 is 28.5 Å². The van der Waals surface area contributed by atoms with Crippen LogP contribution >= 0.6 is 0 Å². The predicted molar refractivity (Wildman–Crippen MR) is 111 cm³/mol. The van der Waals surface area contributed by atoms with Crippen molar-refractivity contribution in [2.45, 2.75) is 26.3 Å². The molecule has 0 aliphatic carbocycles. The Morgan fingerprint density at radius 3 is 2.14 bits per heavy atom. The molecule has 7 nitrogen and oxygen atoms in total. The number of amides is 2. The number of hydrogen-bond acceptors (Lipinski definition) is 5. The van der Waals surface area contributed by atoms with Crippen LogP contribution in [0.25, 0.3) is 11.0 Å². The van der Waals surface area contributed by atoms with E-state index < -0.39 is 17.4 Å². The second kappa shape index (κ2) is 7.87. The maximum atomic E-state index is 13.0. The lowest BCUT2D eigenvalue weighted by Crippen LogP contribution is -2.40. The van der Waals surface area contributed by atoms with Gasteiger partial charge >= 0.3 is 0 Å². The Bertz CT molecular complexity index is 1040. The van der Waals surface area contributed by atoms with Crippen LogP contribution < -0.4 is 20.1 Å². The van der Waals surface area contributed by atoms with Crippen LogP contribution in [0.15, 0.2) is 46.9 Å². The molecule has 0 atom stereocenters. The number of nitrogens with one attached hydrogen (secondary N) is 2. The normalized spacial score (nSPS) is 11.2. The SMILES string of the molecule is COc1cc(OC)cc(C(=O)Nc2c(C(=O)NC(C)(C)C)oc3ccccc23)c1. The zero-order valence-electron chi connectivity index (χ0n) is 17.1. The number of methoxy groups -OCH3 is 2. The van der Waals surface area contributed by atoms with Gasteiger partial charge in [0, 0.05) is 22.6 Å². The van der Waals surface area contributed by atoms with Crippen LogP contribution in [0.3, 0.4) is 0 Å². The summed E-state index contributed by atoms with van der Waals surface area (Å²) in [5.41, 5.74) is 0.685. The van der Waals surface area contributed by atoms with Crippen molar-refractivity contribution in [1.82, 2.24) is 5.32 Å². The fourth-order valence-electron chi connectivity index (χ4n) is 2.85. The van der Waals surface area contributed by atoms with Crippen molar-refractivity contribution in [1.29, 1.82) is 0 Å². The molecule has 0 radical (unpaired) electrons. The third-order valence-corrected chi connectivity index (χ3v) is 4.14. The number of benzene rings is 2. The summed E-state index contributed by atoms with van der Waals surface area (Å²) in [5, 5.41) is 6.31. The standard InChI is InChI=1S/C22H24N2O5/c1-22(2,3)24-21(26)19-18(16-8-6-7-9-17(16)29-19)23-20(25)13-10-14(27-4)12-15(11-13)28-5/h6-12H,1-5H3,(H,23,25)(H,24,26).